The maximum absolute atomic E-state index is 12.0. The summed E-state index contributed by atoms with van der Waals surface area (Å²) in [7, 11) is -3.61. The molecule has 0 unspecified atom stereocenters. The standard InChI is InChI=1S/C17H19NO5S/c1-24(20,21)23-13-16(15-10-6-3-7-11-15)18-17(19)22-12-14-8-4-2-5-9-14/h2-11,16H,12-13H2,1H3,(H,18,19)/t16-/m0/s1. The van der Waals surface area contributed by atoms with Crippen LogP contribution in [0.25, 0.3) is 0 Å². The molecule has 0 aliphatic carbocycles. The molecule has 2 aromatic carbocycles. The summed E-state index contributed by atoms with van der Waals surface area (Å²) in [5, 5.41) is 2.63. The normalized spacial score (nSPS) is 12.4. The molecule has 1 N–H and O–H groups in total. The van der Waals surface area contributed by atoms with Gasteiger partial charge in [-0.3, -0.25) is 4.18 Å². The van der Waals surface area contributed by atoms with Crippen molar-refractivity contribution in [1.29, 1.82) is 0 Å². The molecule has 7 heteroatoms. The topological polar surface area (TPSA) is 81.7 Å². The molecule has 0 radical (unpaired) electrons. The molecule has 0 saturated heterocycles. The Balaban J connectivity index is 1.97. The maximum Gasteiger partial charge on any atom is 0.408 e. The highest BCUT2D eigenvalue weighted by atomic mass is 32.2. The molecule has 0 aliphatic heterocycles. The molecule has 2 rings (SSSR count). The summed E-state index contributed by atoms with van der Waals surface area (Å²) in [6.07, 6.45) is 0.313. The van der Waals surface area contributed by atoms with Crippen molar-refractivity contribution in [2.45, 2.75) is 12.6 Å². The summed E-state index contributed by atoms with van der Waals surface area (Å²) in [5.41, 5.74) is 1.58. The van der Waals surface area contributed by atoms with E-state index in [2.05, 4.69) is 5.32 Å². The van der Waals surface area contributed by atoms with Gasteiger partial charge in [0, 0.05) is 0 Å². The second kappa shape index (κ2) is 8.47. The fourth-order valence-corrected chi connectivity index (χ4v) is 2.39. The fourth-order valence-electron chi connectivity index (χ4n) is 2.01. The zero-order valence-corrected chi connectivity index (χ0v) is 14.0. The molecule has 0 fully saturated rings. The second-order valence-corrected chi connectivity index (χ2v) is 6.80. The van der Waals surface area contributed by atoms with Gasteiger partial charge in [0.2, 0.25) is 0 Å². The minimum Gasteiger partial charge on any atom is -0.445 e. The first-order valence-electron chi connectivity index (χ1n) is 7.30. The zero-order valence-electron chi connectivity index (χ0n) is 13.2. The van der Waals surface area contributed by atoms with Crippen LogP contribution in [0.2, 0.25) is 0 Å². The summed E-state index contributed by atoms with van der Waals surface area (Å²) in [6.45, 7) is -0.0790. The predicted molar refractivity (Wildman–Crippen MR) is 89.7 cm³/mol. The first-order valence-corrected chi connectivity index (χ1v) is 9.12. The Labute approximate surface area is 141 Å². The van der Waals surface area contributed by atoms with Crippen LogP contribution in [0.4, 0.5) is 4.79 Å². The van der Waals surface area contributed by atoms with Crippen LogP contribution >= 0.6 is 0 Å². The number of alkyl carbamates (subject to hydrolysis) is 1. The monoisotopic (exact) mass is 349 g/mol. The van der Waals surface area contributed by atoms with Gasteiger partial charge in [-0.2, -0.15) is 8.42 Å². The summed E-state index contributed by atoms with van der Waals surface area (Å²) >= 11 is 0. The van der Waals surface area contributed by atoms with Gasteiger partial charge in [0.25, 0.3) is 10.1 Å². The Morgan fingerprint density at radius 2 is 1.62 bits per heavy atom. The Hall–Kier alpha value is -2.38. The molecule has 0 aromatic heterocycles. The van der Waals surface area contributed by atoms with Crippen LogP contribution in [0.1, 0.15) is 17.2 Å². The summed E-state index contributed by atoms with van der Waals surface area (Å²) < 4.78 is 32.4. The Morgan fingerprint density at radius 3 is 2.21 bits per heavy atom. The molecular weight excluding hydrogens is 330 g/mol. The average Bonchev–Trinajstić information content (AvgIpc) is 2.57. The highest BCUT2D eigenvalue weighted by Gasteiger charge is 2.18. The number of nitrogens with one attached hydrogen (secondary N) is 1. The van der Waals surface area contributed by atoms with E-state index in [-0.39, 0.29) is 13.2 Å². The van der Waals surface area contributed by atoms with Crippen molar-refractivity contribution in [2.75, 3.05) is 12.9 Å². The highest BCUT2D eigenvalue weighted by molar-refractivity contribution is 7.85. The maximum atomic E-state index is 12.0. The van der Waals surface area contributed by atoms with E-state index >= 15 is 0 Å². The molecule has 6 nitrogen and oxygen atoms in total. The molecule has 24 heavy (non-hydrogen) atoms. The van der Waals surface area contributed by atoms with Crippen LogP contribution in [-0.4, -0.2) is 27.4 Å². The fraction of sp³-hybridized carbons (Fsp3) is 0.235. The largest absolute Gasteiger partial charge is 0.445 e. The van der Waals surface area contributed by atoms with Crippen LogP contribution < -0.4 is 5.32 Å². The van der Waals surface area contributed by atoms with Gasteiger partial charge in [-0.15, -0.1) is 0 Å². The van der Waals surface area contributed by atoms with Crippen molar-refractivity contribution in [3.05, 3.63) is 71.8 Å². The van der Waals surface area contributed by atoms with E-state index in [0.717, 1.165) is 17.4 Å². The number of carbonyl (C=O) groups excluding carboxylic acids is 1. The molecular formula is C17H19NO5S. The highest BCUT2D eigenvalue weighted by Crippen LogP contribution is 2.14. The van der Waals surface area contributed by atoms with Gasteiger partial charge in [0.05, 0.1) is 18.9 Å². The van der Waals surface area contributed by atoms with E-state index in [4.69, 9.17) is 8.92 Å². The number of hydrogen-bond acceptors (Lipinski definition) is 5. The summed E-state index contributed by atoms with van der Waals surface area (Å²) in [6, 6.07) is 17.6. The molecule has 1 amide bonds. The number of rotatable bonds is 7. The van der Waals surface area contributed by atoms with Gasteiger partial charge < -0.3 is 10.1 Å². The van der Waals surface area contributed by atoms with E-state index in [1.165, 1.54) is 0 Å². The van der Waals surface area contributed by atoms with E-state index in [1.54, 1.807) is 24.3 Å². The van der Waals surface area contributed by atoms with Crippen LogP contribution in [0, 0.1) is 0 Å². The minimum atomic E-state index is -3.61. The third-order valence-corrected chi connectivity index (χ3v) is 3.72. The molecule has 0 aliphatic rings. The summed E-state index contributed by atoms with van der Waals surface area (Å²) in [5.74, 6) is 0. The first-order chi connectivity index (χ1) is 11.4. The average molecular weight is 349 g/mol. The molecule has 1 atom stereocenters. The van der Waals surface area contributed by atoms with E-state index < -0.39 is 22.3 Å². The molecule has 0 saturated carbocycles. The number of ether oxygens (including phenoxy) is 1. The van der Waals surface area contributed by atoms with Gasteiger partial charge in [-0.1, -0.05) is 60.7 Å². The van der Waals surface area contributed by atoms with Gasteiger partial charge in [-0.25, -0.2) is 4.79 Å². The van der Waals surface area contributed by atoms with Crippen LogP contribution in [0.3, 0.4) is 0 Å². The molecule has 2 aromatic rings. The number of carbonyl (C=O) groups is 1. The lowest BCUT2D eigenvalue weighted by Gasteiger charge is -2.18. The third-order valence-electron chi connectivity index (χ3n) is 3.16. The van der Waals surface area contributed by atoms with Crippen molar-refractivity contribution in [3.63, 3.8) is 0 Å². The smallest absolute Gasteiger partial charge is 0.408 e. The zero-order chi connectivity index (χ0) is 17.4. The summed E-state index contributed by atoms with van der Waals surface area (Å²) in [4.78, 5) is 12.0. The lowest BCUT2D eigenvalue weighted by Crippen LogP contribution is -2.32. The van der Waals surface area contributed by atoms with Crippen LogP contribution in [0.15, 0.2) is 60.7 Å². The first kappa shape index (κ1) is 18.0. The molecule has 0 heterocycles. The van der Waals surface area contributed by atoms with Crippen LogP contribution in [-0.2, 0) is 25.6 Å². The van der Waals surface area contributed by atoms with Crippen molar-refractivity contribution in [1.82, 2.24) is 5.32 Å². The quantitative estimate of drug-likeness (QED) is 0.777. The van der Waals surface area contributed by atoms with Gasteiger partial charge >= 0.3 is 6.09 Å². The number of benzene rings is 2. The SMILES string of the molecule is CS(=O)(=O)OC[C@H](NC(=O)OCc1ccccc1)c1ccccc1. The Bertz CT molecular complexity index is 747. The molecule has 0 bridgehead atoms. The third kappa shape index (κ3) is 6.39. The molecule has 128 valence electrons. The minimum absolute atomic E-state index is 0.126. The number of hydrogen-bond donors (Lipinski definition) is 1. The number of amides is 1. The van der Waals surface area contributed by atoms with Crippen molar-refractivity contribution >= 4 is 16.2 Å². The Kier molecular flexibility index (Phi) is 6.34. The van der Waals surface area contributed by atoms with E-state index in [9.17, 15) is 13.2 Å². The van der Waals surface area contributed by atoms with Gasteiger partial charge in [0.15, 0.2) is 0 Å². The molecule has 0 spiro atoms. The van der Waals surface area contributed by atoms with Crippen molar-refractivity contribution in [2.24, 2.45) is 0 Å². The van der Waals surface area contributed by atoms with E-state index in [0.29, 0.717) is 0 Å². The lowest BCUT2D eigenvalue weighted by atomic mass is 10.1. The Morgan fingerprint density at radius 1 is 1.04 bits per heavy atom. The lowest BCUT2D eigenvalue weighted by molar-refractivity contribution is 0.131. The second-order valence-electron chi connectivity index (χ2n) is 5.16. The van der Waals surface area contributed by atoms with Gasteiger partial charge in [-0.05, 0) is 11.1 Å². The predicted octanol–water partition coefficient (Wildman–Crippen LogP) is 2.63. The van der Waals surface area contributed by atoms with Crippen molar-refractivity contribution in [3.8, 4) is 0 Å². The van der Waals surface area contributed by atoms with Gasteiger partial charge in [0.1, 0.15) is 6.61 Å². The van der Waals surface area contributed by atoms with Crippen LogP contribution in [0.5, 0.6) is 0 Å². The van der Waals surface area contributed by atoms with Crippen molar-refractivity contribution < 1.29 is 22.1 Å². The van der Waals surface area contributed by atoms with E-state index in [1.807, 2.05) is 36.4 Å².